The first-order valence-corrected chi connectivity index (χ1v) is 9.95. The summed E-state index contributed by atoms with van der Waals surface area (Å²) in [4.78, 5) is 11.9. The molecule has 1 aliphatic heterocycles. The summed E-state index contributed by atoms with van der Waals surface area (Å²) in [5.41, 5.74) is 0. The average Bonchev–Trinajstić information content (AvgIpc) is 3.13. The van der Waals surface area contributed by atoms with Gasteiger partial charge in [0.15, 0.2) is 0 Å². The fourth-order valence-electron chi connectivity index (χ4n) is 2.55. The zero-order valence-electron chi connectivity index (χ0n) is 14.9. The molecule has 1 saturated heterocycles. The van der Waals surface area contributed by atoms with Gasteiger partial charge in [0.25, 0.3) is 0 Å². The Bertz CT molecular complexity index is 867. The van der Waals surface area contributed by atoms with Crippen LogP contribution in [0.1, 0.15) is 16.3 Å². The third-order valence-corrected chi connectivity index (χ3v) is 5.87. The van der Waals surface area contributed by atoms with Gasteiger partial charge in [-0.2, -0.15) is 4.31 Å². The van der Waals surface area contributed by atoms with E-state index >= 15 is 0 Å². The van der Waals surface area contributed by atoms with Gasteiger partial charge in [0.05, 0.1) is 18.1 Å². The van der Waals surface area contributed by atoms with E-state index in [4.69, 9.17) is 18.6 Å². The summed E-state index contributed by atoms with van der Waals surface area (Å²) in [6.07, 6.45) is 0. The van der Waals surface area contributed by atoms with Crippen molar-refractivity contribution in [3.05, 3.63) is 47.9 Å². The summed E-state index contributed by atoms with van der Waals surface area (Å²) in [5, 5.41) is 0. The first kappa shape index (κ1) is 19.4. The van der Waals surface area contributed by atoms with Crippen molar-refractivity contribution in [3.8, 4) is 5.75 Å². The lowest BCUT2D eigenvalue weighted by Gasteiger charge is -2.26. The number of furan rings is 1. The highest BCUT2D eigenvalue weighted by molar-refractivity contribution is 7.89. The molecule has 0 unspecified atom stereocenters. The van der Waals surface area contributed by atoms with Crippen LogP contribution < -0.4 is 4.74 Å². The van der Waals surface area contributed by atoms with Gasteiger partial charge >= 0.3 is 5.97 Å². The summed E-state index contributed by atoms with van der Waals surface area (Å²) in [6.45, 7) is 3.42. The average molecular weight is 395 g/mol. The quantitative estimate of drug-likeness (QED) is 0.521. The smallest absolute Gasteiger partial charge is 0.374 e. The number of ether oxygens (including phenoxy) is 3. The van der Waals surface area contributed by atoms with Crippen LogP contribution in [-0.2, 0) is 19.5 Å². The van der Waals surface area contributed by atoms with Crippen molar-refractivity contribution in [1.29, 1.82) is 0 Å². The summed E-state index contributed by atoms with van der Waals surface area (Å²) >= 11 is 0. The lowest BCUT2D eigenvalue weighted by molar-refractivity contribution is 0.0413. The maximum Gasteiger partial charge on any atom is 0.374 e. The number of morpholine rings is 1. The lowest BCUT2D eigenvalue weighted by atomic mass is 10.3. The molecule has 0 aliphatic carbocycles. The van der Waals surface area contributed by atoms with Gasteiger partial charge in [0.1, 0.15) is 24.7 Å². The van der Waals surface area contributed by atoms with Crippen molar-refractivity contribution in [2.75, 3.05) is 39.5 Å². The van der Waals surface area contributed by atoms with Crippen LogP contribution in [0.15, 0.2) is 45.7 Å². The highest BCUT2D eigenvalue weighted by atomic mass is 32.2. The topological polar surface area (TPSA) is 95.3 Å². The predicted octanol–water partition coefficient (Wildman–Crippen LogP) is 1.84. The van der Waals surface area contributed by atoms with Crippen LogP contribution in [0, 0.1) is 6.92 Å². The van der Waals surface area contributed by atoms with Crippen molar-refractivity contribution >= 4 is 16.0 Å². The second kappa shape index (κ2) is 8.55. The number of rotatable bonds is 7. The Kier molecular flexibility index (Phi) is 6.15. The Morgan fingerprint density at radius 2 is 1.78 bits per heavy atom. The summed E-state index contributed by atoms with van der Waals surface area (Å²) in [7, 11) is -3.53. The van der Waals surface area contributed by atoms with E-state index in [2.05, 4.69) is 0 Å². The monoisotopic (exact) mass is 395 g/mol. The van der Waals surface area contributed by atoms with Gasteiger partial charge in [-0.05, 0) is 43.3 Å². The number of carbonyl (C=O) groups excluding carboxylic acids is 1. The minimum Gasteiger partial charge on any atom is -0.490 e. The molecule has 1 fully saturated rings. The number of nitrogens with zero attached hydrogens (tertiary/aromatic N) is 1. The second-order valence-electron chi connectivity index (χ2n) is 5.88. The van der Waals surface area contributed by atoms with E-state index in [0.29, 0.717) is 37.8 Å². The van der Waals surface area contributed by atoms with Gasteiger partial charge in [0, 0.05) is 13.1 Å². The molecule has 2 heterocycles. The fourth-order valence-corrected chi connectivity index (χ4v) is 3.96. The van der Waals surface area contributed by atoms with Crippen molar-refractivity contribution in [3.63, 3.8) is 0 Å². The third kappa shape index (κ3) is 4.88. The van der Waals surface area contributed by atoms with Crippen LogP contribution >= 0.6 is 0 Å². The zero-order valence-corrected chi connectivity index (χ0v) is 15.7. The van der Waals surface area contributed by atoms with Crippen molar-refractivity contribution < 1.29 is 31.8 Å². The molecular formula is C18H21NO7S. The molecule has 3 rings (SSSR count). The fraction of sp³-hybridized carbons (Fsp3) is 0.389. The van der Waals surface area contributed by atoms with E-state index in [1.165, 1.54) is 16.4 Å². The lowest BCUT2D eigenvalue weighted by Crippen LogP contribution is -2.40. The number of esters is 1. The standard InChI is InChI=1S/C18H21NO7S/c1-14-2-7-17(26-14)18(20)25-13-12-24-15-3-5-16(6-4-15)27(21,22)19-8-10-23-11-9-19/h2-7H,8-13H2,1H3. The Balaban J connectivity index is 1.48. The van der Waals surface area contributed by atoms with Crippen LogP contribution in [0.2, 0.25) is 0 Å². The van der Waals surface area contributed by atoms with Gasteiger partial charge in [-0.1, -0.05) is 0 Å². The Morgan fingerprint density at radius 1 is 1.07 bits per heavy atom. The summed E-state index contributed by atoms with van der Waals surface area (Å²) < 4.78 is 47.3. The molecule has 8 nitrogen and oxygen atoms in total. The third-order valence-electron chi connectivity index (χ3n) is 3.96. The van der Waals surface area contributed by atoms with E-state index in [9.17, 15) is 13.2 Å². The molecule has 0 amide bonds. The van der Waals surface area contributed by atoms with E-state index in [1.54, 1.807) is 31.2 Å². The SMILES string of the molecule is Cc1ccc(C(=O)OCCOc2ccc(S(=O)(=O)N3CCOCC3)cc2)o1. The largest absolute Gasteiger partial charge is 0.490 e. The number of carbonyl (C=O) groups is 1. The molecule has 1 aromatic carbocycles. The minimum atomic E-state index is -3.53. The summed E-state index contributed by atoms with van der Waals surface area (Å²) in [5.74, 6) is 0.704. The van der Waals surface area contributed by atoms with Crippen LogP contribution in [0.5, 0.6) is 5.75 Å². The van der Waals surface area contributed by atoms with Gasteiger partial charge in [-0.3, -0.25) is 0 Å². The second-order valence-corrected chi connectivity index (χ2v) is 7.82. The Morgan fingerprint density at radius 3 is 2.41 bits per heavy atom. The number of hydrogen-bond acceptors (Lipinski definition) is 7. The van der Waals surface area contributed by atoms with E-state index in [-0.39, 0.29) is 23.9 Å². The molecule has 27 heavy (non-hydrogen) atoms. The molecule has 0 N–H and O–H groups in total. The molecule has 2 aromatic rings. The number of hydrogen-bond donors (Lipinski definition) is 0. The van der Waals surface area contributed by atoms with Crippen LogP contribution in [-0.4, -0.2) is 58.2 Å². The van der Waals surface area contributed by atoms with Crippen LogP contribution in [0.4, 0.5) is 0 Å². The van der Waals surface area contributed by atoms with E-state index in [1.807, 2.05) is 0 Å². The molecule has 0 atom stereocenters. The number of aryl methyl sites for hydroxylation is 1. The Labute approximate surface area is 157 Å². The molecule has 9 heteroatoms. The highest BCUT2D eigenvalue weighted by Crippen LogP contribution is 2.20. The maximum atomic E-state index is 12.5. The minimum absolute atomic E-state index is 0.0480. The molecule has 1 aliphatic rings. The molecule has 0 saturated carbocycles. The maximum absolute atomic E-state index is 12.5. The first-order chi connectivity index (χ1) is 13.0. The van der Waals surface area contributed by atoms with Gasteiger partial charge in [0.2, 0.25) is 15.8 Å². The van der Waals surface area contributed by atoms with Gasteiger partial charge < -0.3 is 18.6 Å². The molecule has 146 valence electrons. The van der Waals surface area contributed by atoms with E-state index < -0.39 is 16.0 Å². The van der Waals surface area contributed by atoms with Gasteiger partial charge in [-0.25, -0.2) is 13.2 Å². The van der Waals surface area contributed by atoms with Gasteiger partial charge in [-0.15, -0.1) is 0 Å². The van der Waals surface area contributed by atoms with Crippen molar-refractivity contribution in [2.24, 2.45) is 0 Å². The molecule has 0 spiro atoms. The van der Waals surface area contributed by atoms with Crippen molar-refractivity contribution in [2.45, 2.75) is 11.8 Å². The van der Waals surface area contributed by atoms with Crippen LogP contribution in [0.25, 0.3) is 0 Å². The Hall–Kier alpha value is -2.36. The van der Waals surface area contributed by atoms with Crippen LogP contribution in [0.3, 0.4) is 0 Å². The molecule has 0 bridgehead atoms. The molecule has 0 radical (unpaired) electrons. The summed E-state index contributed by atoms with van der Waals surface area (Å²) in [6, 6.07) is 9.37. The highest BCUT2D eigenvalue weighted by Gasteiger charge is 2.26. The van der Waals surface area contributed by atoms with Crippen molar-refractivity contribution in [1.82, 2.24) is 4.31 Å². The first-order valence-electron chi connectivity index (χ1n) is 8.51. The number of benzene rings is 1. The molecule has 1 aromatic heterocycles. The zero-order chi connectivity index (χ0) is 19.3. The molecular weight excluding hydrogens is 374 g/mol. The number of sulfonamides is 1. The predicted molar refractivity (Wildman–Crippen MR) is 95.2 cm³/mol. The normalized spacial score (nSPS) is 15.4. The van der Waals surface area contributed by atoms with E-state index in [0.717, 1.165) is 0 Å².